The van der Waals surface area contributed by atoms with Gasteiger partial charge in [-0.3, -0.25) is 4.79 Å². The molecule has 1 amide bonds. The summed E-state index contributed by atoms with van der Waals surface area (Å²) in [4.78, 5) is 35.5. The quantitative estimate of drug-likeness (QED) is 0.558. The molecule has 0 aliphatic heterocycles. The molecule has 30 heavy (non-hydrogen) atoms. The molecule has 2 aromatic carbocycles. The third kappa shape index (κ3) is 4.99. The van der Waals surface area contributed by atoms with Gasteiger partial charge in [-0.25, -0.2) is 9.59 Å². The highest BCUT2D eigenvalue weighted by Crippen LogP contribution is 2.23. The summed E-state index contributed by atoms with van der Waals surface area (Å²) in [6.07, 6.45) is 0.109. The van der Waals surface area contributed by atoms with Crippen LogP contribution in [0.25, 0.3) is 11.0 Å². The molecule has 0 radical (unpaired) electrons. The van der Waals surface area contributed by atoms with Crippen LogP contribution in [-0.4, -0.2) is 29.6 Å². The van der Waals surface area contributed by atoms with Gasteiger partial charge in [-0.2, -0.15) is 0 Å². The van der Waals surface area contributed by atoms with Crippen LogP contribution >= 0.6 is 11.6 Å². The van der Waals surface area contributed by atoms with Gasteiger partial charge in [0, 0.05) is 28.5 Å². The topological polar surface area (TPSA) is 106 Å². The lowest BCUT2D eigenvalue weighted by molar-refractivity contribution is -0.142. The van der Waals surface area contributed by atoms with E-state index in [9.17, 15) is 19.5 Å². The van der Waals surface area contributed by atoms with Crippen LogP contribution in [0.5, 0.6) is 5.75 Å². The Kier molecular flexibility index (Phi) is 6.42. The van der Waals surface area contributed by atoms with E-state index >= 15 is 0 Å². The minimum Gasteiger partial charge on any atom is -0.484 e. The number of carbonyl (C=O) groups excluding carboxylic acids is 1. The van der Waals surface area contributed by atoms with Crippen LogP contribution in [0.2, 0.25) is 5.02 Å². The Hall–Kier alpha value is -3.32. The minimum absolute atomic E-state index is 0.109. The van der Waals surface area contributed by atoms with E-state index in [-0.39, 0.29) is 13.0 Å². The van der Waals surface area contributed by atoms with Crippen LogP contribution in [0, 0.1) is 13.8 Å². The number of fused-ring (bicyclic) bond motifs is 1. The number of carboxylic acid groups (broad SMARTS) is 1. The summed E-state index contributed by atoms with van der Waals surface area (Å²) >= 11 is 5.83. The van der Waals surface area contributed by atoms with Gasteiger partial charge in [-0.1, -0.05) is 23.7 Å². The predicted molar refractivity (Wildman–Crippen MR) is 112 cm³/mol. The fourth-order valence-corrected chi connectivity index (χ4v) is 3.09. The first-order chi connectivity index (χ1) is 14.2. The van der Waals surface area contributed by atoms with Gasteiger partial charge in [0.1, 0.15) is 17.4 Å². The van der Waals surface area contributed by atoms with Crippen molar-refractivity contribution in [3.05, 3.63) is 74.6 Å². The number of carboxylic acids is 1. The summed E-state index contributed by atoms with van der Waals surface area (Å²) in [5.41, 5.74) is 2.00. The Morgan fingerprint density at radius 3 is 2.50 bits per heavy atom. The minimum atomic E-state index is -1.16. The lowest BCUT2D eigenvalue weighted by Crippen LogP contribution is -2.44. The number of halogens is 1. The lowest BCUT2D eigenvalue weighted by atomic mass is 10.1. The maximum atomic E-state index is 12.2. The molecule has 1 aromatic heterocycles. The van der Waals surface area contributed by atoms with E-state index in [1.165, 1.54) is 6.07 Å². The van der Waals surface area contributed by atoms with Crippen LogP contribution in [0.15, 0.2) is 51.7 Å². The molecule has 3 rings (SSSR count). The highest BCUT2D eigenvalue weighted by molar-refractivity contribution is 6.30. The molecular weight excluding hydrogens is 410 g/mol. The standard InChI is InChI=1S/C22H20ClNO6/c1-12-13(2)22(28)30-19-10-16(7-8-17(12)19)29-11-20(25)24-18(21(26)27)9-14-3-5-15(23)6-4-14/h3-8,10,18H,9,11H2,1-2H3,(H,24,25)(H,26,27). The van der Waals surface area contributed by atoms with Crippen molar-refractivity contribution >= 4 is 34.4 Å². The zero-order valence-electron chi connectivity index (χ0n) is 16.4. The number of aliphatic carboxylic acids is 1. The Morgan fingerprint density at radius 2 is 1.83 bits per heavy atom. The molecule has 0 aliphatic rings. The average molecular weight is 430 g/mol. The van der Waals surface area contributed by atoms with Gasteiger partial charge in [0.2, 0.25) is 0 Å². The Morgan fingerprint density at radius 1 is 1.13 bits per heavy atom. The molecule has 0 saturated carbocycles. The van der Waals surface area contributed by atoms with E-state index < -0.39 is 23.5 Å². The van der Waals surface area contributed by atoms with E-state index in [1.54, 1.807) is 43.3 Å². The molecule has 156 valence electrons. The summed E-state index contributed by atoms with van der Waals surface area (Å²) in [5, 5.41) is 13.2. The van der Waals surface area contributed by atoms with Crippen molar-refractivity contribution in [2.24, 2.45) is 0 Å². The van der Waals surface area contributed by atoms with Crippen LogP contribution in [0.4, 0.5) is 0 Å². The monoisotopic (exact) mass is 429 g/mol. The average Bonchev–Trinajstić information content (AvgIpc) is 2.71. The van der Waals surface area contributed by atoms with Gasteiger partial charge in [0.25, 0.3) is 5.91 Å². The molecule has 0 saturated heterocycles. The number of hydrogen-bond donors (Lipinski definition) is 2. The highest BCUT2D eigenvalue weighted by atomic mass is 35.5. The first kappa shape index (κ1) is 21.4. The Balaban J connectivity index is 1.65. The van der Waals surface area contributed by atoms with Crippen molar-refractivity contribution in [1.29, 1.82) is 0 Å². The van der Waals surface area contributed by atoms with E-state index in [0.29, 0.717) is 21.9 Å². The molecule has 1 unspecified atom stereocenters. The number of benzene rings is 2. The summed E-state index contributed by atoms with van der Waals surface area (Å²) in [5.74, 6) is -1.41. The van der Waals surface area contributed by atoms with Crippen molar-refractivity contribution in [1.82, 2.24) is 5.32 Å². The van der Waals surface area contributed by atoms with Gasteiger partial charge in [-0.15, -0.1) is 0 Å². The van der Waals surface area contributed by atoms with Crippen LogP contribution in [0.1, 0.15) is 16.7 Å². The number of amides is 1. The molecule has 7 nitrogen and oxygen atoms in total. The third-order valence-corrected chi connectivity index (χ3v) is 5.04. The predicted octanol–water partition coefficient (Wildman–Crippen LogP) is 3.25. The third-order valence-electron chi connectivity index (χ3n) is 4.78. The maximum Gasteiger partial charge on any atom is 0.339 e. The van der Waals surface area contributed by atoms with Crippen LogP contribution in [-0.2, 0) is 16.0 Å². The van der Waals surface area contributed by atoms with Gasteiger partial charge >= 0.3 is 11.6 Å². The van der Waals surface area contributed by atoms with E-state index in [0.717, 1.165) is 16.5 Å². The van der Waals surface area contributed by atoms with Gasteiger partial charge in [-0.05, 0) is 49.2 Å². The Labute approximate surface area is 177 Å². The second-order valence-corrected chi connectivity index (χ2v) is 7.31. The number of nitrogens with one attached hydrogen (secondary N) is 1. The summed E-state index contributed by atoms with van der Waals surface area (Å²) in [6, 6.07) is 10.5. The first-order valence-electron chi connectivity index (χ1n) is 9.18. The van der Waals surface area contributed by atoms with E-state index in [2.05, 4.69) is 5.32 Å². The van der Waals surface area contributed by atoms with Gasteiger partial charge in [0.15, 0.2) is 6.61 Å². The van der Waals surface area contributed by atoms with Crippen LogP contribution < -0.4 is 15.7 Å². The molecular formula is C22H20ClNO6. The zero-order valence-corrected chi connectivity index (χ0v) is 17.2. The summed E-state index contributed by atoms with van der Waals surface area (Å²) < 4.78 is 10.7. The van der Waals surface area contributed by atoms with Gasteiger partial charge < -0.3 is 19.6 Å². The lowest BCUT2D eigenvalue weighted by Gasteiger charge is -2.15. The normalized spacial score (nSPS) is 11.8. The molecule has 1 heterocycles. The smallest absolute Gasteiger partial charge is 0.339 e. The number of carbonyl (C=O) groups is 2. The molecule has 8 heteroatoms. The van der Waals surface area contributed by atoms with Crippen molar-refractivity contribution in [3.63, 3.8) is 0 Å². The molecule has 3 aromatic rings. The number of rotatable bonds is 7. The number of ether oxygens (including phenoxy) is 1. The van der Waals surface area contributed by atoms with E-state index in [1.807, 2.05) is 6.92 Å². The van der Waals surface area contributed by atoms with E-state index in [4.69, 9.17) is 20.8 Å². The fourth-order valence-electron chi connectivity index (χ4n) is 2.96. The van der Waals surface area contributed by atoms with Crippen molar-refractivity contribution in [2.45, 2.75) is 26.3 Å². The highest BCUT2D eigenvalue weighted by Gasteiger charge is 2.21. The maximum absolute atomic E-state index is 12.2. The largest absolute Gasteiger partial charge is 0.484 e. The van der Waals surface area contributed by atoms with Gasteiger partial charge in [0.05, 0.1) is 0 Å². The fraction of sp³-hybridized carbons (Fsp3) is 0.227. The zero-order chi connectivity index (χ0) is 21.8. The van der Waals surface area contributed by atoms with Crippen molar-refractivity contribution < 1.29 is 23.8 Å². The number of aryl methyl sites for hydroxylation is 1. The molecule has 0 spiro atoms. The second-order valence-electron chi connectivity index (χ2n) is 6.88. The SMILES string of the molecule is Cc1c(C)c2ccc(OCC(=O)NC(Cc3ccc(Cl)cc3)C(=O)O)cc2oc1=O. The molecule has 0 aliphatic carbocycles. The molecule has 0 fully saturated rings. The van der Waals surface area contributed by atoms with Crippen LogP contribution in [0.3, 0.4) is 0 Å². The van der Waals surface area contributed by atoms with Crippen molar-refractivity contribution in [2.75, 3.05) is 6.61 Å². The molecule has 1 atom stereocenters. The molecule has 0 bridgehead atoms. The van der Waals surface area contributed by atoms with Crippen molar-refractivity contribution in [3.8, 4) is 5.75 Å². The summed E-state index contributed by atoms with van der Waals surface area (Å²) in [7, 11) is 0. The Bertz CT molecular complexity index is 1150. The molecule has 2 N–H and O–H groups in total. The first-order valence-corrected chi connectivity index (χ1v) is 9.56. The summed E-state index contributed by atoms with van der Waals surface area (Å²) in [6.45, 7) is 3.14. The number of hydrogen-bond acceptors (Lipinski definition) is 5. The second kappa shape index (κ2) is 9.00.